The maximum absolute atomic E-state index is 12.6. The molecule has 0 bridgehead atoms. The largest absolute Gasteiger partial charge is 0.389 e. The molecule has 2 rings (SSSR count). The van der Waals surface area contributed by atoms with E-state index in [0.29, 0.717) is 12.0 Å². The molecule has 1 aliphatic rings. The number of nitrogens with zero attached hydrogens (tertiary/aromatic N) is 2. The summed E-state index contributed by atoms with van der Waals surface area (Å²) in [5.74, 6) is 0. The predicted octanol–water partition coefficient (Wildman–Crippen LogP) is 1.05. The van der Waals surface area contributed by atoms with Gasteiger partial charge in [-0.1, -0.05) is 12.1 Å². The molecule has 0 aromatic heterocycles. The predicted molar refractivity (Wildman–Crippen MR) is 71.8 cm³/mol. The number of aliphatic hydroxyl groups is 1. The summed E-state index contributed by atoms with van der Waals surface area (Å²) < 4.78 is 26.3. The van der Waals surface area contributed by atoms with Gasteiger partial charge in [0, 0.05) is 19.2 Å². The second-order valence-electron chi connectivity index (χ2n) is 5.27. The molecule has 0 radical (unpaired) electrons. The standard InChI is InChI=1S/C12H16N2O5S/c1-9-4-3-5-10(14(16)17)11(9)20(18,19)13-7-6-12(2,15)8-13/h3-5,15H,6-8H2,1-2H3. The van der Waals surface area contributed by atoms with Crippen molar-refractivity contribution in [3.8, 4) is 0 Å². The number of benzene rings is 1. The molecule has 1 N–H and O–H groups in total. The number of aryl methyl sites for hydroxylation is 1. The lowest BCUT2D eigenvalue weighted by atomic mass is 10.1. The molecule has 0 saturated carbocycles. The third-order valence-corrected chi connectivity index (χ3v) is 5.44. The summed E-state index contributed by atoms with van der Waals surface area (Å²) in [6.07, 6.45) is 0.311. The van der Waals surface area contributed by atoms with Crippen LogP contribution in [-0.4, -0.2) is 41.4 Å². The van der Waals surface area contributed by atoms with E-state index in [2.05, 4.69) is 0 Å². The SMILES string of the molecule is Cc1cccc([N+](=O)[O-])c1S(=O)(=O)N1CCC(C)(O)C1. The van der Waals surface area contributed by atoms with Crippen molar-refractivity contribution < 1.29 is 18.4 Å². The van der Waals surface area contributed by atoms with Crippen LogP contribution in [0.2, 0.25) is 0 Å². The minimum absolute atomic E-state index is 0.0547. The summed E-state index contributed by atoms with van der Waals surface area (Å²) in [6, 6.07) is 4.15. The summed E-state index contributed by atoms with van der Waals surface area (Å²) in [5.41, 5.74) is -1.20. The number of hydrogen-bond acceptors (Lipinski definition) is 5. The maximum atomic E-state index is 12.6. The number of sulfonamides is 1. The molecule has 7 nitrogen and oxygen atoms in total. The van der Waals surface area contributed by atoms with Gasteiger partial charge < -0.3 is 5.11 Å². The molecular formula is C12H16N2O5S. The van der Waals surface area contributed by atoms with Crippen LogP contribution >= 0.6 is 0 Å². The van der Waals surface area contributed by atoms with Gasteiger partial charge in [-0.15, -0.1) is 0 Å². The Balaban J connectivity index is 2.53. The van der Waals surface area contributed by atoms with Crippen LogP contribution in [0.3, 0.4) is 0 Å². The highest BCUT2D eigenvalue weighted by Gasteiger charge is 2.41. The van der Waals surface area contributed by atoms with Crippen LogP contribution in [0, 0.1) is 17.0 Å². The Morgan fingerprint density at radius 3 is 2.60 bits per heavy atom. The van der Waals surface area contributed by atoms with E-state index in [1.54, 1.807) is 6.92 Å². The molecule has 1 aliphatic heterocycles. The van der Waals surface area contributed by atoms with Gasteiger partial charge in [-0.25, -0.2) is 8.42 Å². The van der Waals surface area contributed by atoms with Crippen molar-refractivity contribution in [1.29, 1.82) is 0 Å². The normalized spacial score (nSPS) is 23.9. The maximum Gasteiger partial charge on any atom is 0.289 e. The molecule has 1 unspecified atom stereocenters. The van der Waals surface area contributed by atoms with Gasteiger partial charge in [-0.3, -0.25) is 10.1 Å². The van der Waals surface area contributed by atoms with Gasteiger partial charge >= 0.3 is 0 Å². The van der Waals surface area contributed by atoms with Gasteiger partial charge in [-0.2, -0.15) is 4.31 Å². The summed E-state index contributed by atoms with van der Waals surface area (Å²) in [5, 5.41) is 20.9. The first-order chi connectivity index (χ1) is 9.15. The van der Waals surface area contributed by atoms with E-state index in [0.717, 1.165) is 4.31 Å². The Hall–Kier alpha value is -1.51. The van der Waals surface area contributed by atoms with Crippen LogP contribution in [0.1, 0.15) is 18.9 Å². The highest BCUT2D eigenvalue weighted by molar-refractivity contribution is 7.89. The molecule has 1 fully saturated rings. The summed E-state index contributed by atoms with van der Waals surface area (Å²) in [6.45, 7) is 3.17. The highest BCUT2D eigenvalue weighted by atomic mass is 32.2. The van der Waals surface area contributed by atoms with Gasteiger partial charge in [0.05, 0.1) is 10.5 Å². The molecule has 1 aromatic carbocycles. The van der Waals surface area contributed by atoms with Gasteiger partial charge in [0.15, 0.2) is 4.90 Å². The van der Waals surface area contributed by atoms with Crippen LogP contribution in [0.5, 0.6) is 0 Å². The van der Waals surface area contributed by atoms with Crippen LogP contribution < -0.4 is 0 Å². The number of rotatable bonds is 3. The molecule has 8 heteroatoms. The first-order valence-corrected chi connectivity index (χ1v) is 7.56. The van der Waals surface area contributed by atoms with E-state index < -0.39 is 26.2 Å². The van der Waals surface area contributed by atoms with Crippen LogP contribution in [-0.2, 0) is 10.0 Å². The number of nitro groups is 1. The van der Waals surface area contributed by atoms with Gasteiger partial charge in [0.25, 0.3) is 5.69 Å². The van der Waals surface area contributed by atoms with E-state index in [4.69, 9.17) is 0 Å². The average Bonchev–Trinajstić information content (AvgIpc) is 2.69. The number of β-amino-alcohol motifs (C(OH)–C–C–N with tert-alkyl or cyclic N) is 1. The van der Waals surface area contributed by atoms with E-state index in [1.165, 1.54) is 25.1 Å². The second kappa shape index (κ2) is 4.80. The minimum Gasteiger partial charge on any atom is -0.389 e. The van der Waals surface area contributed by atoms with Crippen LogP contribution in [0.15, 0.2) is 23.1 Å². The molecule has 1 atom stereocenters. The first kappa shape index (κ1) is 14.9. The van der Waals surface area contributed by atoms with E-state index in [1.807, 2.05) is 0 Å². The Morgan fingerprint density at radius 2 is 2.10 bits per heavy atom. The lowest BCUT2D eigenvalue weighted by Gasteiger charge is -2.19. The Kier molecular flexibility index (Phi) is 3.57. The molecule has 20 heavy (non-hydrogen) atoms. The second-order valence-corrected chi connectivity index (χ2v) is 7.14. The number of nitro benzene ring substituents is 1. The van der Waals surface area contributed by atoms with Gasteiger partial charge in [0.2, 0.25) is 10.0 Å². The molecular weight excluding hydrogens is 284 g/mol. The zero-order valence-corrected chi connectivity index (χ0v) is 12.1. The third-order valence-electron chi connectivity index (χ3n) is 3.40. The Labute approximate surface area is 117 Å². The minimum atomic E-state index is -3.98. The van der Waals surface area contributed by atoms with Gasteiger partial charge in [0.1, 0.15) is 0 Å². The van der Waals surface area contributed by atoms with Crippen molar-refractivity contribution in [1.82, 2.24) is 4.31 Å². The molecule has 0 amide bonds. The Morgan fingerprint density at radius 1 is 1.45 bits per heavy atom. The third kappa shape index (κ3) is 2.54. The van der Waals surface area contributed by atoms with Crippen molar-refractivity contribution >= 4 is 15.7 Å². The van der Waals surface area contributed by atoms with Crippen LogP contribution in [0.25, 0.3) is 0 Å². The molecule has 1 heterocycles. The topological polar surface area (TPSA) is 101 Å². The summed E-state index contributed by atoms with van der Waals surface area (Å²) in [7, 11) is -3.98. The quantitative estimate of drug-likeness (QED) is 0.664. The van der Waals surface area contributed by atoms with E-state index >= 15 is 0 Å². The van der Waals surface area contributed by atoms with Crippen LogP contribution in [0.4, 0.5) is 5.69 Å². The fourth-order valence-corrected chi connectivity index (χ4v) is 4.27. The summed E-state index contributed by atoms with van der Waals surface area (Å²) in [4.78, 5) is 10.0. The van der Waals surface area contributed by atoms with Crippen molar-refractivity contribution in [3.63, 3.8) is 0 Å². The van der Waals surface area contributed by atoms with Crippen molar-refractivity contribution in [2.24, 2.45) is 0 Å². The fraction of sp³-hybridized carbons (Fsp3) is 0.500. The molecule has 110 valence electrons. The summed E-state index contributed by atoms with van der Waals surface area (Å²) >= 11 is 0. The van der Waals surface area contributed by atoms with E-state index in [9.17, 15) is 23.6 Å². The lowest BCUT2D eigenvalue weighted by Crippen LogP contribution is -2.34. The zero-order chi connectivity index (χ0) is 15.1. The smallest absolute Gasteiger partial charge is 0.289 e. The van der Waals surface area contributed by atoms with Crippen molar-refractivity contribution in [3.05, 3.63) is 33.9 Å². The van der Waals surface area contributed by atoms with Gasteiger partial charge in [-0.05, 0) is 25.8 Å². The highest BCUT2D eigenvalue weighted by Crippen LogP contribution is 2.33. The fourth-order valence-electron chi connectivity index (χ4n) is 2.35. The first-order valence-electron chi connectivity index (χ1n) is 6.12. The molecule has 0 spiro atoms. The molecule has 1 aromatic rings. The molecule has 1 saturated heterocycles. The number of hydrogen-bond donors (Lipinski definition) is 1. The van der Waals surface area contributed by atoms with Crippen molar-refractivity contribution in [2.45, 2.75) is 30.8 Å². The zero-order valence-electron chi connectivity index (χ0n) is 11.2. The lowest BCUT2D eigenvalue weighted by molar-refractivity contribution is -0.387. The molecule has 0 aliphatic carbocycles. The average molecular weight is 300 g/mol. The Bertz CT molecular complexity index is 654. The van der Waals surface area contributed by atoms with Crippen molar-refractivity contribution in [2.75, 3.05) is 13.1 Å². The monoisotopic (exact) mass is 300 g/mol. The van der Waals surface area contributed by atoms with E-state index in [-0.39, 0.29) is 18.0 Å².